The number of rotatable bonds is 3. The van der Waals surface area contributed by atoms with Gasteiger partial charge >= 0.3 is 5.97 Å². The van der Waals surface area contributed by atoms with Crippen molar-refractivity contribution in [1.29, 1.82) is 0 Å². The molecular weight excluding hydrogens is 218 g/mol. The zero-order valence-corrected chi connectivity index (χ0v) is 9.77. The van der Waals surface area contributed by atoms with E-state index in [1.165, 1.54) is 7.11 Å². The van der Waals surface area contributed by atoms with Crippen molar-refractivity contribution in [3.8, 4) is 5.75 Å². The molecule has 0 atom stereocenters. The molecule has 4 nitrogen and oxygen atoms in total. The highest BCUT2D eigenvalue weighted by Gasteiger charge is 2.04. The van der Waals surface area contributed by atoms with Crippen molar-refractivity contribution in [2.45, 2.75) is 6.92 Å². The van der Waals surface area contributed by atoms with Crippen molar-refractivity contribution >= 4 is 16.9 Å². The molecule has 0 N–H and O–H groups in total. The lowest BCUT2D eigenvalue weighted by Gasteiger charge is -2.06. The number of esters is 1. The van der Waals surface area contributed by atoms with E-state index < -0.39 is 5.97 Å². The van der Waals surface area contributed by atoms with E-state index in [4.69, 9.17) is 4.74 Å². The molecule has 2 aromatic rings. The van der Waals surface area contributed by atoms with Crippen LogP contribution in [0.2, 0.25) is 0 Å². The Bertz CT molecular complexity index is 551. The molecule has 0 fully saturated rings. The van der Waals surface area contributed by atoms with Crippen LogP contribution in [0, 0.1) is 6.92 Å². The topological polar surface area (TPSA) is 48.4 Å². The molecule has 1 aromatic carbocycles. The molecule has 0 saturated heterocycles. The number of aromatic nitrogens is 1. The van der Waals surface area contributed by atoms with Gasteiger partial charge in [-0.15, -0.1) is 0 Å². The van der Waals surface area contributed by atoms with Crippen LogP contribution in [0.4, 0.5) is 0 Å². The quantitative estimate of drug-likeness (QED) is 0.759. The van der Waals surface area contributed by atoms with Crippen LogP contribution >= 0.6 is 0 Å². The zero-order valence-electron chi connectivity index (χ0n) is 9.77. The van der Waals surface area contributed by atoms with Crippen LogP contribution in [0.5, 0.6) is 5.75 Å². The van der Waals surface area contributed by atoms with Crippen molar-refractivity contribution in [3.05, 3.63) is 36.0 Å². The first-order chi connectivity index (χ1) is 8.20. The summed E-state index contributed by atoms with van der Waals surface area (Å²) in [6, 6.07) is 7.52. The summed E-state index contributed by atoms with van der Waals surface area (Å²) in [5.41, 5.74) is 2.02. The predicted molar refractivity (Wildman–Crippen MR) is 64.0 cm³/mol. The summed E-state index contributed by atoms with van der Waals surface area (Å²) in [6.07, 6.45) is 1.75. The summed E-state index contributed by atoms with van der Waals surface area (Å²) in [5.74, 6) is 0.211. The van der Waals surface area contributed by atoms with Gasteiger partial charge in [0.25, 0.3) is 0 Å². The van der Waals surface area contributed by atoms with Gasteiger partial charge in [0.15, 0.2) is 6.61 Å². The summed E-state index contributed by atoms with van der Waals surface area (Å²) < 4.78 is 9.79. The number of carbonyl (C=O) groups is 1. The molecule has 0 unspecified atom stereocenters. The highest BCUT2D eigenvalue weighted by atomic mass is 16.6. The number of benzene rings is 1. The number of pyridine rings is 1. The van der Waals surface area contributed by atoms with E-state index in [1.54, 1.807) is 6.20 Å². The van der Waals surface area contributed by atoms with Gasteiger partial charge in [-0.05, 0) is 30.7 Å². The summed E-state index contributed by atoms with van der Waals surface area (Å²) in [5, 5.41) is 1.08. The number of aryl methyl sites for hydroxylation is 1. The van der Waals surface area contributed by atoms with E-state index in [-0.39, 0.29) is 6.61 Å². The van der Waals surface area contributed by atoms with Gasteiger partial charge in [0.05, 0.1) is 12.6 Å². The molecular formula is C13H13NO3. The largest absolute Gasteiger partial charge is 0.482 e. The van der Waals surface area contributed by atoms with E-state index in [9.17, 15) is 4.79 Å². The lowest BCUT2D eigenvalue weighted by molar-refractivity contribution is -0.142. The minimum absolute atomic E-state index is 0.0895. The Labute approximate surface area is 99.2 Å². The van der Waals surface area contributed by atoms with Gasteiger partial charge in [0, 0.05) is 17.6 Å². The maximum Gasteiger partial charge on any atom is 0.343 e. The highest BCUT2D eigenvalue weighted by Crippen LogP contribution is 2.21. The molecule has 0 radical (unpaired) electrons. The molecule has 1 aromatic heterocycles. The van der Waals surface area contributed by atoms with E-state index >= 15 is 0 Å². The lowest BCUT2D eigenvalue weighted by Crippen LogP contribution is -2.12. The van der Waals surface area contributed by atoms with E-state index in [0.717, 1.165) is 16.5 Å². The number of carbonyl (C=O) groups excluding carboxylic acids is 1. The van der Waals surface area contributed by atoms with Gasteiger partial charge in [0.2, 0.25) is 0 Å². The summed E-state index contributed by atoms with van der Waals surface area (Å²) in [6.45, 7) is 1.94. The van der Waals surface area contributed by atoms with E-state index in [2.05, 4.69) is 9.72 Å². The number of nitrogens with zero attached hydrogens (tertiary/aromatic N) is 1. The van der Waals surface area contributed by atoms with Gasteiger partial charge in [-0.25, -0.2) is 4.79 Å². The standard InChI is InChI=1S/C13H13NO3/c1-9-5-6-14-12-7-10(3-4-11(9)12)17-8-13(15)16-2/h3-7H,8H2,1-2H3. The van der Waals surface area contributed by atoms with Crippen molar-refractivity contribution in [2.75, 3.05) is 13.7 Å². The molecule has 2 rings (SSSR count). The molecule has 0 spiro atoms. The minimum Gasteiger partial charge on any atom is -0.482 e. The van der Waals surface area contributed by atoms with E-state index in [1.807, 2.05) is 31.2 Å². The molecule has 0 saturated carbocycles. The Balaban J connectivity index is 2.23. The van der Waals surface area contributed by atoms with Crippen LogP contribution in [0.3, 0.4) is 0 Å². The summed E-state index contributed by atoms with van der Waals surface area (Å²) in [4.78, 5) is 15.2. The Morgan fingerprint density at radius 2 is 2.18 bits per heavy atom. The second-order valence-electron chi connectivity index (χ2n) is 3.67. The summed E-state index contributed by atoms with van der Waals surface area (Å²) >= 11 is 0. The number of fused-ring (bicyclic) bond motifs is 1. The fourth-order valence-electron chi connectivity index (χ4n) is 1.56. The number of hydrogen-bond acceptors (Lipinski definition) is 4. The SMILES string of the molecule is COC(=O)COc1ccc2c(C)ccnc2c1. The summed E-state index contributed by atoms with van der Waals surface area (Å²) in [7, 11) is 1.33. The number of methoxy groups -OCH3 is 1. The van der Waals surface area contributed by atoms with Gasteiger partial charge in [-0.3, -0.25) is 4.98 Å². The molecule has 88 valence electrons. The molecule has 0 amide bonds. The Morgan fingerprint density at radius 1 is 1.35 bits per heavy atom. The molecule has 0 aliphatic rings. The van der Waals surface area contributed by atoms with Gasteiger partial charge < -0.3 is 9.47 Å². The number of hydrogen-bond donors (Lipinski definition) is 0. The minimum atomic E-state index is -0.401. The first kappa shape index (κ1) is 11.4. The smallest absolute Gasteiger partial charge is 0.343 e. The van der Waals surface area contributed by atoms with Crippen molar-refractivity contribution < 1.29 is 14.3 Å². The van der Waals surface area contributed by atoms with Gasteiger partial charge in [-0.2, -0.15) is 0 Å². The van der Waals surface area contributed by atoms with Crippen LogP contribution in [-0.4, -0.2) is 24.7 Å². The van der Waals surface area contributed by atoms with Crippen molar-refractivity contribution in [2.24, 2.45) is 0 Å². The average Bonchev–Trinajstić information content (AvgIpc) is 2.36. The molecule has 17 heavy (non-hydrogen) atoms. The second-order valence-corrected chi connectivity index (χ2v) is 3.67. The highest BCUT2D eigenvalue weighted by molar-refractivity contribution is 5.83. The monoisotopic (exact) mass is 231 g/mol. The first-order valence-corrected chi connectivity index (χ1v) is 5.25. The van der Waals surface area contributed by atoms with Gasteiger partial charge in [-0.1, -0.05) is 0 Å². The average molecular weight is 231 g/mol. The molecule has 4 heteroatoms. The lowest BCUT2D eigenvalue weighted by atomic mass is 10.1. The van der Waals surface area contributed by atoms with Crippen LogP contribution in [0.15, 0.2) is 30.5 Å². The third-order valence-electron chi connectivity index (χ3n) is 2.52. The van der Waals surface area contributed by atoms with Crippen molar-refractivity contribution in [3.63, 3.8) is 0 Å². The molecule has 0 bridgehead atoms. The van der Waals surface area contributed by atoms with Crippen LogP contribution < -0.4 is 4.74 Å². The third-order valence-corrected chi connectivity index (χ3v) is 2.52. The normalized spacial score (nSPS) is 10.2. The molecule has 0 aliphatic carbocycles. The van der Waals surface area contributed by atoms with Gasteiger partial charge in [0.1, 0.15) is 5.75 Å². The van der Waals surface area contributed by atoms with E-state index in [0.29, 0.717) is 5.75 Å². The van der Waals surface area contributed by atoms with Crippen LogP contribution in [0.1, 0.15) is 5.56 Å². The Morgan fingerprint density at radius 3 is 2.94 bits per heavy atom. The second kappa shape index (κ2) is 4.82. The molecule has 0 aliphatic heterocycles. The predicted octanol–water partition coefficient (Wildman–Crippen LogP) is 2.10. The van der Waals surface area contributed by atoms with Crippen LogP contribution in [0.25, 0.3) is 10.9 Å². The van der Waals surface area contributed by atoms with Crippen LogP contribution in [-0.2, 0) is 9.53 Å². The Hall–Kier alpha value is -2.10. The third kappa shape index (κ3) is 2.53. The first-order valence-electron chi connectivity index (χ1n) is 5.25. The molecule has 1 heterocycles. The Kier molecular flexibility index (Phi) is 3.23. The zero-order chi connectivity index (χ0) is 12.3. The maximum absolute atomic E-state index is 10.9. The number of ether oxygens (including phenoxy) is 2. The van der Waals surface area contributed by atoms with Crippen molar-refractivity contribution in [1.82, 2.24) is 4.98 Å². The fourth-order valence-corrected chi connectivity index (χ4v) is 1.56. The maximum atomic E-state index is 10.9. The fraction of sp³-hybridized carbons (Fsp3) is 0.231.